The Balaban J connectivity index is 1.70. The highest BCUT2D eigenvalue weighted by Crippen LogP contribution is 2.21. The molecule has 96 valence electrons. The van der Waals surface area contributed by atoms with Gasteiger partial charge in [-0.1, -0.05) is 24.3 Å². The minimum Gasteiger partial charge on any atom is -0.322 e. The van der Waals surface area contributed by atoms with E-state index in [-0.39, 0.29) is 12.6 Å². The lowest BCUT2D eigenvalue weighted by molar-refractivity contribution is 0.154. The summed E-state index contributed by atoms with van der Waals surface area (Å²) in [7, 11) is 0. The van der Waals surface area contributed by atoms with Gasteiger partial charge in [-0.3, -0.25) is 0 Å². The number of halogens is 1. The number of rotatable bonds is 0. The van der Waals surface area contributed by atoms with Gasteiger partial charge in [0, 0.05) is 19.6 Å². The molecule has 1 unspecified atom stereocenters. The summed E-state index contributed by atoms with van der Waals surface area (Å²) in [6, 6.07) is 8.20. The van der Waals surface area contributed by atoms with Gasteiger partial charge in [0.05, 0.1) is 6.54 Å². The van der Waals surface area contributed by atoms with Crippen LogP contribution in [0.4, 0.5) is 9.18 Å². The Morgan fingerprint density at radius 1 is 1.17 bits per heavy atom. The predicted molar refractivity (Wildman–Crippen MR) is 67.0 cm³/mol. The van der Waals surface area contributed by atoms with Gasteiger partial charge in [-0.05, 0) is 24.0 Å². The number of hydrogen-bond donors (Lipinski definition) is 0. The van der Waals surface area contributed by atoms with Crippen molar-refractivity contribution in [3.05, 3.63) is 35.4 Å². The molecule has 18 heavy (non-hydrogen) atoms. The van der Waals surface area contributed by atoms with E-state index in [2.05, 4.69) is 12.1 Å². The average molecular weight is 248 g/mol. The van der Waals surface area contributed by atoms with Crippen LogP contribution in [0, 0.1) is 0 Å². The third-order valence-electron chi connectivity index (χ3n) is 3.80. The molecule has 0 aliphatic carbocycles. The molecule has 1 aromatic carbocycles. The van der Waals surface area contributed by atoms with Crippen molar-refractivity contribution >= 4 is 6.03 Å². The molecule has 1 aromatic rings. The first-order valence-electron chi connectivity index (χ1n) is 6.49. The van der Waals surface area contributed by atoms with Crippen LogP contribution in [0.1, 0.15) is 17.5 Å². The van der Waals surface area contributed by atoms with Crippen LogP contribution in [0.25, 0.3) is 0 Å². The molecule has 0 saturated carbocycles. The summed E-state index contributed by atoms with van der Waals surface area (Å²) < 4.78 is 13.1. The monoisotopic (exact) mass is 248 g/mol. The van der Waals surface area contributed by atoms with Crippen LogP contribution in [0.3, 0.4) is 0 Å². The highest BCUT2D eigenvalue weighted by atomic mass is 19.1. The number of carbonyl (C=O) groups is 1. The van der Waals surface area contributed by atoms with Crippen LogP contribution in [0.15, 0.2) is 24.3 Å². The fraction of sp³-hybridized carbons (Fsp3) is 0.500. The quantitative estimate of drug-likeness (QED) is 0.690. The Bertz CT molecular complexity index is 463. The zero-order valence-electron chi connectivity index (χ0n) is 10.3. The number of amides is 2. The second-order valence-electron chi connectivity index (χ2n) is 5.05. The molecule has 3 nitrogen and oxygen atoms in total. The maximum atomic E-state index is 13.1. The van der Waals surface area contributed by atoms with Gasteiger partial charge in [0.1, 0.15) is 6.17 Å². The first kappa shape index (κ1) is 11.5. The molecule has 1 atom stereocenters. The number of benzene rings is 1. The van der Waals surface area contributed by atoms with Crippen LogP contribution in [0.2, 0.25) is 0 Å². The summed E-state index contributed by atoms with van der Waals surface area (Å²) in [5, 5.41) is 0. The molecule has 2 amide bonds. The Morgan fingerprint density at radius 2 is 1.94 bits per heavy atom. The molecule has 1 fully saturated rings. The third-order valence-corrected chi connectivity index (χ3v) is 3.80. The van der Waals surface area contributed by atoms with Gasteiger partial charge in [-0.15, -0.1) is 0 Å². The minimum atomic E-state index is -0.842. The maximum absolute atomic E-state index is 13.1. The zero-order valence-corrected chi connectivity index (χ0v) is 10.3. The molecule has 4 heteroatoms. The predicted octanol–water partition coefficient (Wildman–Crippen LogP) is 2.21. The molecule has 0 spiro atoms. The van der Waals surface area contributed by atoms with E-state index < -0.39 is 6.17 Å². The summed E-state index contributed by atoms with van der Waals surface area (Å²) in [5.41, 5.74) is 2.54. The molecule has 0 radical (unpaired) electrons. The van der Waals surface area contributed by atoms with Crippen molar-refractivity contribution in [2.75, 3.05) is 19.6 Å². The topological polar surface area (TPSA) is 23.6 Å². The molecule has 2 aliphatic heterocycles. The Hall–Kier alpha value is -1.58. The Kier molecular flexibility index (Phi) is 2.94. The molecule has 3 rings (SSSR count). The van der Waals surface area contributed by atoms with Crippen molar-refractivity contribution in [1.82, 2.24) is 9.80 Å². The summed E-state index contributed by atoms with van der Waals surface area (Å²) in [4.78, 5) is 15.7. The number of nitrogens with zero attached hydrogens (tertiary/aromatic N) is 2. The van der Waals surface area contributed by atoms with E-state index in [1.54, 1.807) is 4.90 Å². The van der Waals surface area contributed by atoms with Gasteiger partial charge in [0.15, 0.2) is 0 Å². The van der Waals surface area contributed by atoms with E-state index in [0.29, 0.717) is 19.5 Å². The van der Waals surface area contributed by atoms with E-state index in [0.717, 1.165) is 13.0 Å². The van der Waals surface area contributed by atoms with Crippen molar-refractivity contribution in [3.63, 3.8) is 0 Å². The van der Waals surface area contributed by atoms with Crippen molar-refractivity contribution < 1.29 is 9.18 Å². The van der Waals surface area contributed by atoms with Gasteiger partial charge >= 0.3 is 6.03 Å². The van der Waals surface area contributed by atoms with Crippen LogP contribution >= 0.6 is 0 Å². The van der Waals surface area contributed by atoms with Crippen molar-refractivity contribution in [2.45, 2.75) is 25.6 Å². The Labute approximate surface area is 106 Å². The second-order valence-corrected chi connectivity index (χ2v) is 5.05. The highest BCUT2D eigenvalue weighted by Gasteiger charge is 2.30. The van der Waals surface area contributed by atoms with Gasteiger partial charge in [-0.25, -0.2) is 9.18 Å². The fourth-order valence-electron chi connectivity index (χ4n) is 2.75. The summed E-state index contributed by atoms with van der Waals surface area (Å²) in [5.74, 6) is 0. The van der Waals surface area contributed by atoms with E-state index in [4.69, 9.17) is 0 Å². The van der Waals surface area contributed by atoms with Crippen LogP contribution < -0.4 is 0 Å². The van der Waals surface area contributed by atoms with Crippen molar-refractivity contribution in [3.8, 4) is 0 Å². The number of carbonyl (C=O) groups excluding carboxylic acids is 1. The van der Waals surface area contributed by atoms with E-state index in [1.165, 1.54) is 11.1 Å². The van der Waals surface area contributed by atoms with Crippen molar-refractivity contribution in [1.29, 1.82) is 0 Å². The maximum Gasteiger partial charge on any atom is 0.320 e. The van der Waals surface area contributed by atoms with E-state index >= 15 is 0 Å². The van der Waals surface area contributed by atoms with Crippen LogP contribution in [-0.4, -0.2) is 41.6 Å². The summed E-state index contributed by atoms with van der Waals surface area (Å²) in [6.07, 6.45) is 0.538. The molecular weight excluding hydrogens is 231 g/mol. The van der Waals surface area contributed by atoms with E-state index in [1.807, 2.05) is 17.0 Å². The number of likely N-dealkylation sites (tertiary alicyclic amines) is 1. The van der Waals surface area contributed by atoms with E-state index in [9.17, 15) is 9.18 Å². The lowest BCUT2D eigenvalue weighted by Crippen LogP contribution is -2.44. The smallest absolute Gasteiger partial charge is 0.320 e. The summed E-state index contributed by atoms with van der Waals surface area (Å²) >= 11 is 0. The molecule has 1 saturated heterocycles. The first-order chi connectivity index (χ1) is 8.74. The standard InChI is InChI=1S/C14H17FN2O/c15-13-6-8-17(10-13)14(18)16-7-5-11-3-1-2-4-12(11)9-16/h1-4,13H,5-10H2. The SMILES string of the molecule is O=C(N1CCc2ccccc2C1)N1CCC(F)C1. The van der Waals surface area contributed by atoms with Crippen molar-refractivity contribution in [2.24, 2.45) is 0 Å². The average Bonchev–Trinajstić information content (AvgIpc) is 2.84. The molecule has 2 heterocycles. The Morgan fingerprint density at radius 3 is 2.67 bits per heavy atom. The number of fused-ring (bicyclic) bond motifs is 1. The number of hydrogen-bond acceptors (Lipinski definition) is 1. The minimum absolute atomic E-state index is 0.00958. The number of urea groups is 1. The summed E-state index contributed by atoms with van der Waals surface area (Å²) in [6.45, 7) is 2.21. The van der Waals surface area contributed by atoms with Gasteiger partial charge in [-0.2, -0.15) is 0 Å². The molecule has 2 aliphatic rings. The molecule has 0 aromatic heterocycles. The lowest BCUT2D eigenvalue weighted by Gasteiger charge is -2.32. The number of alkyl halides is 1. The fourth-order valence-corrected chi connectivity index (χ4v) is 2.75. The molecule has 0 N–H and O–H groups in total. The lowest BCUT2D eigenvalue weighted by atomic mass is 10.0. The molecular formula is C14H17FN2O. The van der Waals surface area contributed by atoms with Gasteiger partial charge in [0.25, 0.3) is 0 Å². The third kappa shape index (κ3) is 2.07. The largest absolute Gasteiger partial charge is 0.322 e. The highest BCUT2D eigenvalue weighted by molar-refractivity contribution is 5.75. The zero-order chi connectivity index (χ0) is 12.5. The second kappa shape index (κ2) is 4.59. The van der Waals surface area contributed by atoms with Gasteiger partial charge in [0.2, 0.25) is 0 Å². The normalized spacial score (nSPS) is 23.1. The first-order valence-corrected chi connectivity index (χ1v) is 6.49. The van der Waals surface area contributed by atoms with Crippen LogP contribution in [-0.2, 0) is 13.0 Å². The van der Waals surface area contributed by atoms with Gasteiger partial charge < -0.3 is 9.80 Å². The van der Waals surface area contributed by atoms with Crippen LogP contribution in [0.5, 0.6) is 0 Å². The molecule has 0 bridgehead atoms.